The molecule has 0 bridgehead atoms. The first-order valence-electron chi connectivity index (χ1n) is 4.66. The lowest BCUT2D eigenvalue weighted by molar-refractivity contribution is 0.359. The van der Waals surface area contributed by atoms with Crippen LogP contribution in [-0.2, 0) is 6.42 Å². The van der Waals surface area contributed by atoms with Crippen LogP contribution in [-0.4, -0.2) is 24.9 Å². The van der Waals surface area contributed by atoms with Gasteiger partial charge in [0.2, 0.25) is 5.88 Å². The third-order valence-corrected chi connectivity index (χ3v) is 4.59. The molecule has 0 radical (unpaired) electrons. The van der Waals surface area contributed by atoms with E-state index in [1.165, 1.54) is 19.3 Å². The Labute approximate surface area is 85.4 Å². The van der Waals surface area contributed by atoms with Gasteiger partial charge >= 0.3 is 6.01 Å². The second-order valence-corrected chi connectivity index (χ2v) is 5.42. The zero-order valence-corrected chi connectivity index (χ0v) is 8.34. The summed E-state index contributed by atoms with van der Waals surface area (Å²) in [5, 5.41) is 18.7. The van der Waals surface area contributed by atoms with Gasteiger partial charge in [-0.15, -0.1) is 11.8 Å². The molecule has 1 aliphatic heterocycles. The van der Waals surface area contributed by atoms with Crippen molar-refractivity contribution in [2.75, 3.05) is 0 Å². The van der Waals surface area contributed by atoms with Crippen LogP contribution in [0.15, 0.2) is 4.90 Å². The highest BCUT2D eigenvalue weighted by Gasteiger charge is 2.45. The highest BCUT2D eigenvalue weighted by atomic mass is 32.2. The van der Waals surface area contributed by atoms with Gasteiger partial charge in [-0.25, -0.2) is 0 Å². The summed E-state index contributed by atoms with van der Waals surface area (Å²) in [6.07, 6.45) is 4.46. The summed E-state index contributed by atoms with van der Waals surface area (Å²) in [6.45, 7) is 0. The molecule has 1 aliphatic carbocycles. The molecular formula is C9H10N2O2S. The van der Waals surface area contributed by atoms with Crippen LogP contribution in [0.2, 0.25) is 0 Å². The quantitative estimate of drug-likeness (QED) is 0.678. The molecule has 1 spiro atoms. The molecule has 4 nitrogen and oxygen atoms in total. The molecule has 5 heteroatoms. The number of aromatic nitrogens is 2. The maximum absolute atomic E-state index is 9.53. The first kappa shape index (κ1) is 8.35. The summed E-state index contributed by atoms with van der Waals surface area (Å²) in [4.78, 5) is 8.27. The molecule has 0 saturated heterocycles. The molecule has 0 aromatic carbocycles. The fraction of sp³-hybridized carbons (Fsp3) is 0.556. The molecule has 0 atom stereocenters. The van der Waals surface area contributed by atoms with Crippen molar-refractivity contribution in [1.29, 1.82) is 0 Å². The van der Waals surface area contributed by atoms with E-state index in [9.17, 15) is 5.11 Å². The molecule has 74 valence electrons. The average Bonchev–Trinajstić information content (AvgIpc) is 2.42. The molecule has 1 aromatic rings. The molecule has 0 unspecified atom stereocenters. The lowest BCUT2D eigenvalue weighted by Gasteiger charge is -2.36. The van der Waals surface area contributed by atoms with E-state index >= 15 is 0 Å². The Balaban J connectivity index is 2.05. The van der Waals surface area contributed by atoms with Crippen molar-refractivity contribution in [2.45, 2.75) is 35.3 Å². The highest BCUT2D eigenvalue weighted by molar-refractivity contribution is 8.01. The smallest absolute Gasteiger partial charge is 0.317 e. The third-order valence-electron chi connectivity index (χ3n) is 2.98. The summed E-state index contributed by atoms with van der Waals surface area (Å²) in [5.41, 5.74) is 0.805. The molecule has 14 heavy (non-hydrogen) atoms. The summed E-state index contributed by atoms with van der Waals surface area (Å²) in [5.74, 6) is -0.0683. The van der Waals surface area contributed by atoms with Gasteiger partial charge in [0.1, 0.15) is 0 Å². The Hall–Kier alpha value is -0.970. The number of fused-ring (bicyclic) bond motifs is 1. The van der Waals surface area contributed by atoms with Gasteiger partial charge in [-0.3, -0.25) is 0 Å². The van der Waals surface area contributed by atoms with Crippen molar-refractivity contribution >= 4 is 11.8 Å². The molecule has 1 aromatic heterocycles. The van der Waals surface area contributed by atoms with Crippen LogP contribution in [0.1, 0.15) is 25.0 Å². The van der Waals surface area contributed by atoms with Crippen LogP contribution in [0.3, 0.4) is 0 Å². The minimum absolute atomic E-state index is 0.0683. The Bertz CT molecular complexity index is 404. The van der Waals surface area contributed by atoms with Crippen LogP contribution in [0.4, 0.5) is 0 Å². The van der Waals surface area contributed by atoms with Crippen LogP contribution >= 0.6 is 11.8 Å². The molecular weight excluding hydrogens is 200 g/mol. The third kappa shape index (κ3) is 1.02. The second-order valence-electron chi connectivity index (χ2n) is 3.94. The van der Waals surface area contributed by atoms with Gasteiger partial charge in [0.15, 0.2) is 0 Å². The van der Waals surface area contributed by atoms with Gasteiger partial charge in [-0.2, -0.15) is 9.97 Å². The van der Waals surface area contributed by atoms with Gasteiger partial charge in [-0.1, -0.05) is 6.42 Å². The van der Waals surface area contributed by atoms with E-state index in [0.29, 0.717) is 0 Å². The molecule has 1 saturated carbocycles. The van der Waals surface area contributed by atoms with Crippen LogP contribution in [0.5, 0.6) is 11.9 Å². The van der Waals surface area contributed by atoms with Crippen molar-refractivity contribution in [1.82, 2.24) is 9.97 Å². The van der Waals surface area contributed by atoms with Crippen LogP contribution in [0, 0.1) is 0 Å². The van der Waals surface area contributed by atoms with Crippen molar-refractivity contribution in [3.8, 4) is 11.9 Å². The Morgan fingerprint density at radius 2 is 2.00 bits per heavy atom. The first-order valence-corrected chi connectivity index (χ1v) is 5.48. The number of nitrogens with zero attached hydrogens (tertiary/aromatic N) is 2. The number of hydrogen-bond acceptors (Lipinski definition) is 5. The van der Waals surface area contributed by atoms with E-state index < -0.39 is 0 Å². The Morgan fingerprint density at radius 1 is 1.21 bits per heavy atom. The molecule has 2 aliphatic rings. The number of thioether (sulfide) groups is 1. The minimum atomic E-state index is -0.321. The average molecular weight is 210 g/mol. The van der Waals surface area contributed by atoms with E-state index in [0.717, 1.165) is 17.0 Å². The Kier molecular flexibility index (Phi) is 1.51. The van der Waals surface area contributed by atoms with E-state index in [1.54, 1.807) is 11.8 Å². The van der Waals surface area contributed by atoms with Crippen molar-refractivity contribution in [3.63, 3.8) is 0 Å². The van der Waals surface area contributed by atoms with E-state index in [2.05, 4.69) is 9.97 Å². The molecule has 3 rings (SSSR count). The van der Waals surface area contributed by atoms with Gasteiger partial charge in [0.05, 0.1) is 10.6 Å². The number of hydrogen-bond donors (Lipinski definition) is 2. The predicted molar refractivity (Wildman–Crippen MR) is 51.5 cm³/mol. The van der Waals surface area contributed by atoms with E-state index in [-0.39, 0.29) is 16.6 Å². The molecule has 0 amide bonds. The molecule has 2 heterocycles. The standard InChI is InChI=1S/C9H10N2O2S/c12-7-6-5(10-8(13)11-7)4-9(14-6)2-1-3-9/h1-4H2,(H2,10,11,12,13). The fourth-order valence-corrected chi connectivity index (χ4v) is 3.61. The maximum atomic E-state index is 9.53. The summed E-state index contributed by atoms with van der Waals surface area (Å²) < 4.78 is 0.252. The fourth-order valence-electron chi connectivity index (χ4n) is 2.10. The zero-order valence-electron chi connectivity index (χ0n) is 7.53. The SMILES string of the molecule is Oc1nc(O)c2c(n1)CC1(CCC1)S2. The normalized spacial score (nSPS) is 22.0. The summed E-state index contributed by atoms with van der Waals surface area (Å²) >= 11 is 1.67. The van der Waals surface area contributed by atoms with Crippen molar-refractivity contribution in [3.05, 3.63) is 5.69 Å². The van der Waals surface area contributed by atoms with Crippen LogP contribution < -0.4 is 0 Å². The zero-order chi connectivity index (χ0) is 9.76. The summed E-state index contributed by atoms with van der Waals surface area (Å²) in [7, 11) is 0. The van der Waals surface area contributed by atoms with Crippen molar-refractivity contribution < 1.29 is 10.2 Å². The predicted octanol–water partition coefficient (Wildman–Crippen LogP) is 1.46. The number of aromatic hydroxyl groups is 2. The molecule has 1 fully saturated rings. The molecule has 2 N–H and O–H groups in total. The topological polar surface area (TPSA) is 66.2 Å². The maximum Gasteiger partial charge on any atom is 0.317 e. The van der Waals surface area contributed by atoms with E-state index in [4.69, 9.17) is 5.11 Å². The second kappa shape index (κ2) is 2.53. The first-order chi connectivity index (χ1) is 6.69. The van der Waals surface area contributed by atoms with Gasteiger partial charge < -0.3 is 10.2 Å². The van der Waals surface area contributed by atoms with Gasteiger partial charge in [0.25, 0.3) is 0 Å². The van der Waals surface area contributed by atoms with E-state index in [1.807, 2.05) is 0 Å². The largest absolute Gasteiger partial charge is 0.492 e. The summed E-state index contributed by atoms with van der Waals surface area (Å²) in [6, 6.07) is -0.321. The van der Waals surface area contributed by atoms with Gasteiger partial charge in [0, 0.05) is 11.2 Å². The van der Waals surface area contributed by atoms with Gasteiger partial charge in [-0.05, 0) is 12.8 Å². The minimum Gasteiger partial charge on any atom is -0.492 e. The number of rotatable bonds is 0. The van der Waals surface area contributed by atoms with Crippen LogP contribution in [0.25, 0.3) is 0 Å². The Morgan fingerprint density at radius 3 is 2.64 bits per heavy atom. The monoisotopic (exact) mass is 210 g/mol. The highest BCUT2D eigenvalue weighted by Crippen LogP contribution is 2.57. The lowest BCUT2D eigenvalue weighted by Crippen LogP contribution is -2.32. The lowest BCUT2D eigenvalue weighted by atomic mass is 9.81. The van der Waals surface area contributed by atoms with Crippen molar-refractivity contribution in [2.24, 2.45) is 0 Å².